The molecule has 1 saturated carbocycles. The second-order valence-corrected chi connectivity index (χ2v) is 9.26. The summed E-state index contributed by atoms with van der Waals surface area (Å²) in [7, 11) is 0. The maximum absolute atomic E-state index is 13.6. The number of benzene rings is 1. The summed E-state index contributed by atoms with van der Waals surface area (Å²) in [5.74, 6) is 2.94. The van der Waals surface area contributed by atoms with Crippen LogP contribution < -0.4 is 4.74 Å². The molecule has 3 atom stereocenters. The van der Waals surface area contributed by atoms with Crippen LogP contribution in [-0.4, -0.2) is 37.0 Å². The molecule has 1 unspecified atom stereocenters. The zero-order chi connectivity index (χ0) is 21.1. The first-order valence-corrected chi connectivity index (χ1v) is 11.6. The van der Waals surface area contributed by atoms with Gasteiger partial charge in [0.2, 0.25) is 0 Å². The van der Waals surface area contributed by atoms with Gasteiger partial charge in [-0.3, -0.25) is 9.89 Å². The van der Waals surface area contributed by atoms with Gasteiger partial charge in [0.15, 0.2) is 0 Å². The molecule has 0 spiro atoms. The van der Waals surface area contributed by atoms with Crippen molar-refractivity contribution in [3.05, 3.63) is 52.9 Å². The molecule has 2 heterocycles. The van der Waals surface area contributed by atoms with Crippen molar-refractivity contribution in [1.82, 2.24) is 4.90 Å². The minimum atomic E-state index is -0.187. The number of likely N-dealkylation sites (tertiary alicyclic amines) is 1. The number of aryl methyl sites for hydroxylation is 1. The van der Waals surface area contributed by atoms with E-state index in [1.165, 1.54) is 36.5 Å². The van der Waals surface area contributed by atoms with Crippen LogP contribution in [0.15, 0.2) is 46.5 Å². The Bertz CT molecular complexity index is 835. The second kappa shape index (κ2) is 9.47. The Kier molecular flexibility index (Phi) is 6.72. The Labute approximate surface area is 180 Å². The third-order valence-corrected chi connectivity index (χ3v) is 7.06. The quantitative estimate of drug-likeness (QED) is 0.555. The number of rotatable bonds is 7. The molecular weight excluding hydrogens is 375 g/mol. The number of hydrogen-bond donors (Lipinski definition) is 0. The lowest BCUT2D eigenvalue weighted by molar-refractivity contribution is 0.144. The van der Waals surface area contributed by atoms with Gasteiger partial charge in [0.05, 0.1) is 6.61 Å². The maximum atomic E-state index is 13.6. The normalized spacial score (nSPS) is 27.4. The molecule has 0 radical (unpaired) electrons. The van der Waals surface area contributed by atoms with E-state index in [2.05, 4.69) is 37.1 Å². The van der Waals surface area contributed by atoms with Gasteiger partial charge >= 0.3 is 0 Å². The van der Waals surface area contributed by atoms with Crippen LogP contribution in [0.2, 0.25) is 0 Å². The highest BCUT2D eigenvalue weighted by atomic mass is 19.1. The lowest BCUT2D eigenvalue weighted by atomic mass is 9.90. The average molecular weight is 411 g/mol. The number of halogens is 1. The smallest absolute Gasteiger partial charge is 0.129 e. The zero-order valence-electron chi connectivity index (χ0n) is 18.6. The number of nitrogens with zero attached hydrogens (tertiary/aromatic N) is 2. The minimum absolute atomic E-state index is 0.187. The van der Waals surface area contributed by atoms with Crippen LogP contribution >= 0.6 is 0 Å². The van der Waals surface area contributed by atoms with Gasteiger partial charge in [-0.25, -0.2) is 4.39 Å². The van der Waals surface area contributed by atoms with E-state index in [0.717, 1.165) is 43.7 Å². The predicted octanol–water partition coefficient (Wildman–Crippen LogP) is 5.94. The summed E-state index contributed by atoms with van der Waals surface area (Å²) in [6, 6.07) is 5.15. The van der Waals surface area contributed by atoms with Crippen molar-refractivity contribution in [1.29, 1.82) is 0 Å². The summed E-state index contributed by atoms with van der Waals surface area (Å²) in [5.41, 5.74) is 3.31. The molecule has 2 aliphatic heterocycles. The molecule has 1 saturated heterocycles. The van der Waals surface area contributed by atoms with E-state index in [1.54, 1.807) is 13.0 Å². The molecule has 4 heteroatoms. The van der Waals surface area contributed by atoms with Gasteiger partial charge in [0.25, 0.3) is 0 Å². The maximum Gasteiger partial charge on any atom is 0.129 e. The number of aliphatic imine (C=N–C) groups is 1. The Morgan fingerprint density at radius 1 is 1.20 bits per heavy atom. The van der Waals surface area contributed by atoms with Gasteiger partial charge in [-0.05, 0) is 87.0 Å². The monoisotopic (exact) mass is 410 g/mol. The molecule has 1 aromatic carbocycles. The van der Waals surface area contributed by atoms with Crippen molar-refractivity contribution in [3.8, 4) is 5.75 Å². The first kappa shape index (κ1) is 21.3. The molecule has 1 aromatic rings. The summed E-state index contributed by atoms with van der Waals surface area (Å²) >= 11 is 0. The summed E-state index contributed by atoms with van der Waals surface area (Å²) in [6.07, 6.45) is 12.8. The standard InChI is InChI=1S/C26H35FN2O/c1-4-20-13-18(2)14-26(28-17-20)29-10-7-21(8-11-29)24-15-22(24)9-12-30-23-6-5-19(3)25(27)16-23/h5-6,13-14,16-17,21-22,24,26H,4,7-12,15H2,1-3H3/t22-,24+,26?/m0/s1. The van der Waals surface area contributed by atoms with Gasteiger partial charge in [0.1, 0.15) is 17.7 Å². The van der Waals surface area contributed by atoms with Crippen LogP contribution in [0.3, 0.4) is 0 Å². The molecular formula is C26H35FN2O. The second-order valence-electron chi connectivity index (χ2n) is 9.26. The molecule has 162 valence electrons. The average Bonchev–Trinajstić information content (AvgIpc) is 3.54. The lowest BCUT2D eigenvalue weighted by Crippen LogP contribution is -2.40. The van der Waals surface area contributed by atoms with E-state index in [4.69, 9.17) is 9.73 Å². The molecule has 0 bridgehead atoms. The first-order chi connectivity index (χ1) is 14.5. The Morgan fingerprint density at radius 2 is 2.00 bits per heavy atom. The molecule has 2 fully saturated rings. The van der Waals surface area contributed by atoms with Crippen LogP contribution in [0.5, 0.6) is 5.75 Å². The van der Waals surface area contributed by atoms with Crippen LogP contribution in [0, 0.1) is 30.5 Å². The Morgan fingerprint density at radius 3 is 2.73 bits per heavy atom. The van der Waals surface area contributed by atoms with Crippen molar-refractivity contribution in [2.75, 3.05) is 19.7 Å². The van der Waals surface area contributed by atoms with Crippen LogP contribution in [-0.2, 0) is 0 Å². The fourth-order valence-electron chi connectivity index (χ4n) is 5.01. The summed E-state index contributed by atoms with van der Waals surface area (Å²) in [4.78, 5) is 7.38. The molecule has 0 N–H and O–H groups in total. The zero-order valence-corrected chi connectivity index (χ0v) is 18.6. The van der Waals surface area contributed by atoms with E-state index in [-0.39, 0.29) is 12.0 Å². The van der Waals surface area contributed by atoms with Crippen LogP contribution in [0.1, 0.15) is 51.5 Å². The van der Waals surface area contributed by atoms with Gasteiger partial charge in [-0.15, -0.1) is 0 Å². The molecule has 3 aliphatic rings. The van der Waals surface area contributed by atoms with Crippen LogP contribution in [0.25, 0.3) is 0 Å². The van der Waals surface area contributed by atoms with Gasteiger partial charge in [-0.2, -0.15) is 0 Å². The van der Waals surface area contributed by atoms with Gasteiger partial charge in [0, 0.05) is 25.4 Å². The lowest BCUT2D eigenvalue weighted by Gasteiger charge is -2.35. The minimum Gasteiger partial charge on any atom is -0.493 e. The van der Waals surface area contributed by atoms with E-state index in [1.807, 2.05) is 6.07 Å². The third-order valence-electron chi connectivity index (χ3n) is 7.06. The molecule has 1 aliphatic carbocycles. The highest BCUT2D eigenvalue weighted by molar-refractivity contribution is 5.80. The molecule has 0 aromatic heterocycles. The third kappa shape index (κ3) is 5.21. The summed E-state index contributed by atoms with van der Waals surface area (Å²) in [6.45, 7) is 9.12. The Balaban J connectivity index is 1.19. The summed E-state index contributed by atoms with van der Waals surface area (Å²) in [5, 5.41) is 0. The summed E-state index contributed by atoms with van der Waals surface area (Å²) < 4.78 is 19.4. The molecule has 0 amide bonds. The van der Waals surface area contributed by atoms with Crippen molar-refractivity contribution >= 4 is 6.21 Å². The number of allylic oxidation sites excluding steroid dienone is 3. The van der Waals surface area contributed by atoms with Crippen molar-refractivity contribution < 1.29 is 9.13 Å². The van der Waals surface area contributed by atoms with Crippen molar-refractivity contribution in [2.24, 2.45) is 22.7 Å². The largest absolute Gasteiger partial charge is 0.493 e. The molecule has 30 heavy (non-hydrogen) atoms. The van der Waals surface area contributed by atoms with Gasteiger partial charge < -0.3 is 4.74 Å². The van der Waals surface area contributed by atoms with Gasteiger partial charge in [-0.1, -0.05) is 24.6 Å². The highest BCUT2D eigenvalue weighted by Crippen LogP contribution is 2.50. The van der Waals surface area contributed by atoms with Crippen LogP contribution in [0.4, 0.5) is 4.39 Å². The van der Waals surface area contributed by atoms with E-state index >= 15 is 0 Å². The topological polar surface area (TPSA) is 24.8 Å². The SMILES string of the molecule is CCC1=CC(C)=CC(N2CCC([C@H]3C[C@@H]3CCOc3ccc(C)c(F)c3)CC2)N=C1. The first-order valence-electron chi connectivity index (χ1n) is 11.6. The number of hydrogen-bond acceptors (Lipinski definition) is 3. The van der Waals surface area contributed by atoms with Crippen molar-refractivity contribution in [3.63, 3.8) is 0 Å². The molecule has 4 rings (SSSR count). The fourth-order valence-corrected chi connectivity index (χ4v) is 5.01. The molecule has 3 nitrogen and oxygen atoms in total. The highest BCUT2D eigenvalue weighted by Gasteiger charge is 2.43. The predicted molar refractivity (Wildman–Crippen MR) is 122 cm³/mol. The van der Waals surface area contributed by atoms with E-state index in [9.17, 15) is 4.39 Å². The number of ether oxygens (including phenoxy) is 1. The fraction of sp³-hybridized carbons (Fsp3) is 0.577. The Hall–Kier alpha value is -1.94. The number of piperidine rings is 1. The van der Waals surface area contributed by atoms with E-state index < -0.39 is 0 Å². The van der Waals surface area contributed by atoms with E-state index in [0.29, 0.717) is 17.9 Å². The van der Waals surface area contributed by atoms with Crippen molar-refractivity contribution in [2.45, 2.75) is 59.0 Å².